The largest absolute Gasteiger partial charge is 0.435 e. The van der Waals surface area contributed by atoms with Gasteiger partial charge in [0.15, 0.2) is 5.69 Å². The van der Waals surface area contributed by atoms with Gasteiger partial charge in [0.2, 0.25) is 18.3 Å². The number of unbranched alkanes of at least 4 members (excludes halogenated alkanes) is 2. The van der Waals surface area contributed by atoms with Gasteiger partial charge in [0.25, 0.3) is 0 Å². The molecule has 1 aromatic rings. The fourth-order valence-electron chi connectivity index (χ4n) is 3.36. The summed E-state index contributed by atoms with van der Waals surface area (Å²) in [6.07, 6.45) is -0.572. The number of hydrazine groups is 1. The predicted octanol–water partition coefficient (Wildman–Crippen LogP) is 1.73. The number of carbonyl (C=O) groups excluding carboxylic acids is 2. The Morgan fingerprint density at radius 1 is 1.31 bits per heavy atom. The highest BCUT2D eigenvalue weighted by molar-refractivity contribution is 5.80. The Balaban J connectivity index is 2.10. The molecule has 0 unspecified atom stereocenters. The van der Waals surface area contributed by atoms with Crippen LogP contribution in [0.25, 0.3) is 0 Å². The molecule has 32 heavy (non-hydrogen) atoms. The molecule has 13 heteroatoms. The van der Waals surface area contributed by atoms with E-state index in [2.05, 4.69) is 20.8 Å². The van der Waals surface area contributed by atoms with Crippen LogP contribution < -0.4 is 15.8 Å². The van der Waals surface area contributed by atoms with Crippen molar-refractivity contribution in [1.82, 2.24) is 25.4 Å². The average molecular weight is 461 g/mol. The lowest BCUT2D eigenvalue weighted by molar-refractivity contribution is -0.154. The number of aromatic nitrogens is 2. The molecule has 0 bridgehead atoms. The van der Waals surface area contributed by atoms with Crippen molar-refractivity contribution in [2.24, 2.45) is 5.92 Å². The van der Waals surface area contributed by atoms with Crippen LogP contribution in [-0.4, -0.2) is 77.2 Å². The predicted molar refractivity (Wildman–Crippen MR) is 111 cm³/mol. The van der Waals surface area contributed by atoms with Gasteiger partial charge in [0, 0.05) is 26.2 Å². The van der Waals surface area contributed by atoms with E-state index in [1.807, 2.05) is 18.9 Å². The summed E-state index contributed by atoms with van der Waals surface area (Å²) in [5.41, 5.74) is 3.41. The number of amides is 2. The Morgan fingerprint density at radius 3 is 2.59 bits per heavy atom. The van der Waals surface area contributed by atoms with Gasteiger partial charge < -0.3 is 9.80 Å². The van der Waals surface area contributed by atoms with E-state index < -0.39 is 29.6 Å². The first kappa shape index (κ1) is 25.6. The smallest absolute Gasteiger partial charge is 0.366 e. The maximum Gasteiger partial charge on any atom is 0.435 e. The number of carbonyl (C=O) groups is 2. The quantitative estimate of drug-likeness (QED) is 0.198. The Labute approximate surface area is 184 Å². The molecular weight excluding hydrogens is 431 g/mol. The molecule has 1 aromatic heterocycles. The number of likely N-dealkylation sites (N-methyl/N-ethyl adjacent to an activating group) is 1. The van der Waals surface area contributed by atoms with E-state index in [4.69, 9.17) is 0 Å². The van der Waals surface area contributed by atoms with Gasteiger partial charge in [-0.1, -0.05) is 26.2 Å². The molecule has 1 saturated heterocycles. The van der Waals surface area contributed by atoms with E-state index in [9.17, 15) is 28.0 Å². The first-order chi connectivity index (χ1) is 15.2. The number of hydrogen-bond donors (Lipinski definition) is 3. The molecule has 0 radical (unpaired) electrons. The lowest BCUT2D eigenvalue weighted by Crippen LogP contribution is -2.45. The highest BCUT2D eigenvalue weighted by atomic mass is 19.4. The van der Waals surface area contributed by atoms with E-state index in [-0.39, 0.29) is 18.6 Å². The number of alkyl halides is 3. The van der Waals surface area contributed by atoms with Crippen LogP contribution in [0.15, 0.2) is 6.20 Å². The monoisotopic (exact) mass is 461 g/mol. The second-order valence-corrected chi connectivity index (χ2v) is 7.75. The Bertz CT molecular complexity index is 758. The van der Waals surface area contributed by atoms with E-state index in [0.29, 0.717) is 44.1 Å². The second-order valence-electron chi connectivity index (χ2n) is 7.75. The van der Waals surface area contributed by atoms with Gasteiger partial charge in [-0.05, 0) is 13.5 Å². The molecule has 0 spiro atoms. The summed E-state index contributed by atoms with van der Waals surface area (Å²) in [6, 6.07) is 0. The van der Waals surface area contributed by atoms with Gasteiger partial charge in [-0.3, -0.25) is 25.6 Å². The molecular formula is C19H30F3N7O3. The summed E-state index contributed by atoms with van der Waals surface area (Å²) in [6.45, 7) is 3.82. The minimum Gasteiger partial charge on any atom is -0.366 e. The number of anilines is 2. The van der Waals surface area contributed by atoms with E-state index >= 15 is 0 Å². The zero-order valence-corrected chi connectivity index (χ0v) is 18.2. The lowest BCUT2D eigenvalue weighted by Gasteiger charge is -2.34. The zero-order chi connectivity index (χ0) is 23.7. The summed E-state index contributed by atoms with van der Waals surface area (Å²) in [4.78, 5) is 34.3. The van der Waals surface area contributed by atoms with Crippen molar-refractivity contribution in [1.29, 1.82) is 0 Å². The molecule has 1 atom stereocenters. The van der Waals surface area contributed by atoms with Gasteiger partial charge >= 0.3 is 6.18 Å². The van der Waals surface area contributed by atoms with Crippen molar-refractivity contribution in [2.75, 3.05) is 50.1 Å². The topological polar surface area (TPSA) is 114 Å². The molecule has 180 valence electrons. The molecule has 0 aromatic carbocycles. The minimum absolute atomic E-state index is 0.109. The SMILES string of the molecule is CCCCC[C@@H](CN(O)C=O)C(=O)NNc1ncc(N2CCN(C)CC2)c(C(F)(F)F)n1. The third kappa shape index (κ3) is 7.48. The number of nitrogens with zero attached hydrogens (tertiary/aromatic N) is 5. The Morgan fingerprint density at radius 2 is 2.00 bits per heavy atom. The van der Waals surface area contributed by atoms with Crippen LogP contribution in [-0.2, 0) is 15.8 Å². The molecule has 10 nitrogen and oxygen atoms in total. The molecule has 2 heterocycles. The number of halogens is 3. The molecule has 1 fully saturated rings. The van der Waals surface area contributed by atoms with E-state index in [1.165, 1.54) is 0 Å². The van der Waals surface area contributed by atoms with Gasteiger partial charge in [0.05, 0.1) is 24.3 Å². The van der Waals surface area contributed by atoms with Gasteiger partial charge in [0.1, 0.15) is 0 Å². The first-order valence-electron chi connectivity index (χ1n) is 10.5. The van der Waals surface area contributed by atoms with Gasteiger partial charge in [-0.2, -0.15) is 13.2 Å². The normalized spacial score (nSPS) is 15.9. The Kier molecular flexibility index (Phi) is 9.44. The standard InChI is InChI=1S/C19H30F3N7O3/c1-3-4-5-6-14(12-29(32)13-30)17(31)25-26-18-23-11-15(16(24-18)19(20,21)22)28-9-7-27(2)8-10-28/h11,13-14,32H,3-10,12H2,1-2H3,(H,25,31)(H,23,24,26)/t14-/m0/s1. The molecule has 2 rings (SSSR count). The average Bonchev–Trinajstić information content (AvgIpc) is 2.76. The van der Waals surface area contributed by atoms with Crippen LogP contribution in [0.3, 0.4) is 0 Å². The first-order valence-corrected chi connectivity index (χ1v) is 10.5. The second kappa shape index (κ2) is 11.8. The van der Waals surface area contributed by atoms with Gasteiger partial charge in [-0.25, -0.2) is 15.0 Å². The highest BCUT2D eigenvalue weighted by Crippen LogP contribution is 2.35. The maximum atomic E-state index is 13.6. The van der Waals surface area contributed by atoms with Crippen LogP contribution in [0.1, 0.15) is 38.3 Å². The number of rotatable bonds is 11. The minimum atomic E-state index is -4.70. The lowest BCUT2D eigenvalue weighted by atomic mass is 10.0. The zero-order valence-electron chi connectivity index (χ0n) is 18.2. The third-order valence-electron chi connectivity index (χ3n) is 5.24. The molecule has 1 aliphatic heterocycles. The van der Waals surface area contributed by atoms with Crippen LogP contribution in [0.2, 0.25) is 0 Å². The van der Waals surface area contributed by atoms with Crippen molar-refractivity contribution >= 4 is 24.0 Å². The highest BCUT2D eigenvalue weighted by Gasteiger charge is 2.38. The molecule has 0 saturated carbocycles. The van der Waals surface area contributed by atoms with Crippen molar-refractivity contribution in [2.45, 2.75) is 38.8 Å². The number of hydrogen-bond acceptors (Lipinski definition) is 8. The fraction of sp³-hybridized carbons (Fsp3) is 0.684. The van der Waals surface area contributed by atoms with E-state index in [1.54, 1.807) is 4.90 Å². The summed E-state index contributed by atoms with van der Waals surface area (Å²) in [5, 5.41) is 9.78. The van der Waals surface area contributed by atoms with Crippen LogP contribution in [0.5, 0.6) is 0 Å². The van der Waals surface area contributed by atoms with Gasteiger partial charge in [-0.15, -0.1) is 0 Å². The maximum absolute atomic E-state index is 13.6. The molecule has 2 amide bonds. The molecule has 1 aliphatic rings. The summed E-state index contributed by atoms with van der Waals surface area (Å²) in [5.74, 6) is -1.76. The third-order valence-corrected chi connectivity index (χ3v) is 5.24. The molecule has 0 aliphatic carbocycles. The summed E-state index contributed by atoms with van der Waals surface area (Å²) < 4.78 is 40.9. The van der Waals surface area contributed by atoms with Crippen LogP contribution in [0, 0.1) is 5.92 Å². The fourth-order valence-corrected chi connectivity index (χ4v) is 3.36. The summed E-state index contributed by atoms with van der Waals surface area (Å²) >= 11 is 0. The number of hydroxylamine groups is 2. The van der Waals surface area contributed by atoms with Crippen molar-refractivity contribution in [3.63, 3.8) is 0 Å². The Hall–Kier alpha value is -2.67. The number of piperazine rings is 1. The van der Waals surface area contributed by atoms with E-state index in [0.717, 1.165) is 19.0 Å². The molecule has 3 N–H and O–H groups in total. The van der Waals surface area contributed by atoms with Crippen molar-refractivity contribution in [3.05, 3.63) is 11.9 Å². The summed E-state index contributed by atoms with van der Waals surface area (Å²) in [7, 11) is 1.90. The van der Waals surface area contributed by atoms with Crippen LogP contribution in [0.4, 0.5) is 24.8 Å². The van der Waals surface area contributed by atoms with Crippen molar-refractivity contribution < 1.29 is 28.0 Å². The van der Waals surface area contributed by atoms with Crippen LogP contribution >= 0.6 is 0 Å². The van der Waals surface area contributed by atoms with Crippen molar-refractivity contribution in [3.8, 4) is 0 Å². The number of nitrogens with one attached hydrogen (secondary N) is 2.